The van der Waals surface area contributed by atoms with E-state index in [4.69, 9.17) is 9.47 Å². The number of aliphatic carboxylic acids is 1. The summed E-state index contributed by atoms with van der Waals surface area (Å²) in [6.07, 6.45) is 6.35. The lowest BCUT2D eigenvalue weighted by atomic mass is 9.93. The van der Waals surface area contributed by atoms with Gasteiger partial charge in [0.05, 0.1) is 6.61 Å². The molecule has 0 spiro atoms. The van der Waals surface area contributed by atoms with E-state index in [1.54, 1.807) is 12.1 Å². The van der Waals surface area contributed by atoms with Gasteiger partial charge in [-0.1, -0.05) is 0 Å². The maximum absolute atomic E-state index is 12.4. The van der Waals surface area contributed by atoms with Crippen LogP contribution in [0.15, 0.2) is 18.3 Å². The summed E-state index contributed by atoms with van der Waals surface area (Å²) in [7, 11) is 0. The highest BCUT2D eigenvalue weighted by atomic mass is 16.5. The molecule has 1 saturated heterocycles. The third kappa shape index (κ3) is 4.03. The van der Waals surface area contributed by atoms with Gasteiger partial charge in [-0.15, -0.1) is 0 Å². The Labute approximate surface area is 140 Å². The van der Waals surface area contributed by atoms with Crippen LogP contribution in [0.5, 0.6) is 5.88 Å². The quantitative estimate of drug-likeness (QED) is 0.820. The molecular weight excluding hydrogens is 312 g/mol. The molecule has 1 aromatic rings. The van der Waals surface area contributed by atoms with E-state index in [1.165, 1.54) is 6.20 Å². The van der Waals surface area contributed by atoms with Gasteiger partial charge in [0.1, 0.15) is 12.1 Å². The summed E-state index contributed by atoms with van der Waals surface area (Å²) in [5.41, 5.74) is 0.349. The zero-order valence-electron chi connectivity index (χ0n) is 13.4. The van der Waals surface area contributed by atoms with Crippen LogP contribution in [-0.2, 0) is 9.53 Å². The molecule has 7 nitrogen and oxygen atoms in total. The number of amides is 1. The Bertz CT molecular complexity index is 596. The Morgan fingerprint density at radius 2 is 2.17 bits per heavy atom. The second kappa shape index (κ2) is 7.61. The molecule has 1 aliphatic heterocycles. The van der Waals surface area contributed by atoms with Crippen LogP contribution in [0.1, 0.15) is 42.5 Å². The van der Waals surface area contributed by atoms with Crippen LogP contribution < -0.4 is 10.1 Å². The van der Waals surface area contributed by atoms with E-state index in [2.05, 4.69) is 10.3 Å². The van der Waals surface area contributed by atoms with Crippen molar-refractivity contribution in [1.29, 1.82) is 0 Å². The van der Waals surface area contributed by atoms with E-state index in [0.717, 1.165) is 32.1 Å². The number of hydrogen-bond donors (Lipinski definition) is 2. The summed E-state index contributed by atoms with van der Waals surface area (Å²) in [6, 6.07) is 2.16. The van der Waals surface area contributed by atoms with E-state index in [0.29, 0.717) is 24.7 Å². The summed E-state index contributed by atoms with van der Waals surface area (Å²) >= 11 is 0. The molecule has 7 heteroatoms. The van der Waals surface area contributed by atoms with E-state index in [-0.39, 0.29) is 12.0 Å². The van der Waals surface area contributed by atoms with Gasteiger partial charge in [0.25, 0.3) is 5.91 Å². The van der Waals surface area contributed by atoms with Crippen molar-refractivity contribution >= 4 is 11.9 Å². The Balaban J connectivity index is 1.65. The summed E-state index contributed by atoms with van der Waals surface area (Å²) in [5.74, 6) is -1.29. The first kappa shape index (κ1) is 16.7. The molecule has 0 aromatic carbocycles. The average molecular weight is 334 g/mol. The van der Waals surface area contributed by atoms with Crippen molar-refractivity contribution in [2.45, 2.75) is 44.2 Å². The number of carbonyl (C=O) groups excluding carboxylic acids is 1. The Hall–Kier alpha value is -2.15. The Kier molecular flexibility index (Phi) is 5.30. The second-order valence-electron chi connectivity index (χ2n) is 6.32. The number of carboxylic acid groups (broad SMARTS) is 1. The molecule has 0 radical (unpaired) electrons. The molecule has 1 saturated carbocycles. The summed E-state index contributed by atoms with van der Waals surface area (Å²) in [6.45, 7) is 0.993. The van der Waals surface area contributed by atoms with Gasteiger partial charge >= 0.3 is 5.97 Å². The molecule has 2 aliphatic rings. The molecule has 2 atom stereocenters. The Morgan fingerprint density at radius 3 is 2.79 bits per heavy atom. The number of hydrogen-bond acceptors (Lipinski definition) is 5. The molecule has 2 fully saturated rings. The molecular formula is C17H22N2O5. The van der Waals surface area contributed by atoms with Crippen molar-refractivity contribution in [1.82, 2.24) is 10.3 Å². The maximum Gasteiger partial charge on any atom is 0.326 e. The van der Waals surface area contributed by atoms with Crippen molar-refractivity contribution in [3.05, 3.63) is 23.9 Å². The van der Waals surface area contributed by atoms with Crippen LogP contribution >= 0.6 is 0 Å². The van der Waals surface area contributed by atoms with Gasteiger partial charge in [-0.05, 0) is 38.2 Å². The van der Waals surface area contributed by atoms with Crippen LogP contribution in [0.25, 0.3) is 0 Å². The van der Waals surface area contributed by atoms with E-state index in [9.17, 15) is 14.7 Å². The number of carbonyl (C=O) groups is 2. The third-order valence-corrected chi connectivity index (χ3v) is 4.56. The molecule has 3 rings (SSSR count). The van der Waals surface area contributed by atoms with Gasteiger partial charge < -0.3 is 19.9 Å². The minimum Gasteiger partial charge on any atom is -0.480 e. The lowest BCUT2D eigenvalue weighted by molar-refractivity contribution is -0.142. The van der Waals surface area contributed by atoms with Gasteiger partial charge in [-0.3, -0.25) is 4.79 Å². The fraction of sp³-hybridized carbons (Fsp3) is 0.588. The van der Waals surface area contributed by atoms with Gasteiger partial charge in [0.2, 0.25) is 5.88 Å². The van der Waals surface area contributed by atoms with Crippen LogP contribution in [0, 0.1) is 5.92 Å². The number of ether oxygens (including phenoxy) is 2. The number of rotatable bonds is 6. The maximum atomic E-state index is 12.4. The molecule has 1 aromatic heterocycles. The molecule has 1 amide bonds. The smallest absolute Gasteiger partial charge is 0.326 e. The zero-order valence-corrected chi connectivity index (χ0v) is 13.4. The van der Waals surface area contributed by atoms with Crippen LogP contribution in [0.2, 0.25) is 0 Å². The predicted octanol–water partition coefficient (Wildman–Crippen LogP) is 1.62. The first-order chi connectivity index (χ1) is 11.6. The van der Waals surface area contributed by atoms with Gasteiger partial charge in [-0.2, -0.15) is 0 Å². The second-order valence-corrected chi connectivity index (χ2v) is 6.32. The van der Waals surface area contributed by atoms with Crippen molar-refractivity contribution in [3.63, 3.8) is 0 Å². The van der Waals surface area contributed by atoms with E-state index >= 15 is 0 Å². The van der Waals surface area contributed by atoms with Crippen LogP contribution in [-0.4, -0.2) is 47.3 Å². The fourth-order valence-corrected chi connectivity index (χ4v) is 2.91. The van der Waals surface area contributed by atoms with Crippen LogP contribution in [0.3, 0.4) is 0 Å². The largest absolute Gasteiger partial charge is 0.480 e. The van der Waals surface area contributed by atoms with Gasteiger partial charge in [0.15, 0.2) is 0 Å². The number of pyridine rings is 1. The SMILES string of the molecule is O=C(N[C@H](C(=O)O)[C@@H]1CCCOC1)c1ccnc(OC2CCC2)c1. The summed E-state index contributed by atoms with van der Waals surface area (Å²) in [5, 5.41) is 12.0. The topological polar surface area (TPSA) is 97.8 Å². The first-order valence-electron chi connectivity index (χ1n) is 8.37. The average Bonchev–Trinajstić information content (AvgIpc) is 2.56. The third-order valence-electron chi connectivity index (χ3n) is 4.56. The monoisotopic (exact) mass is 334 g/mol. The Morgan fingerprint density at radius 1 is 1.33 bits per heavy atom. The molecule has 1 aliphatic carbocycles. The fourth-order valence-electron chi connectivity index (χ4n) is 2.91. The molecule has 24 heavy (non-hydrogen) atoms. The highest BCUT2D eigenvalue weighted by Gasteiger charge is 2.31. The highest BCUT2D eigenvalue weighted by Crippen LogP contribution is 2.24. The molecule has 130 valence electrons. The van der Waals surface area contributed by atoms with Crippen LogP contribution in [0.4, 0.5) is 0 Å². The van der Waals surface area contributed by atoms with Crippen molar-refractivity contribution < 1.29 is 24.2 Å². The standard InChI is InChI=1S/C17H22N2O5/c20-16(19-15(17(21)22)12-3-2-8-23-10-12)11-6-7-18-14(9-11)24-13-4-1-5-13/h6-7,9,12-13,15H,1-5,8,10H2,(H,19,20)(H,21,22)/t12-,15+/m1/s1. The number of carboxylic acids is 1. The van der Waals surface area contributed by atoms with Crippen molar-refractivity contribution in [2.75, 3.05) is 13.2 Å². The van der Waals surface area contributed by atoms with E-state index < -0.39 is 17.9 Å². The van der Waals surface area contributed by atoms with Crippen molar-refractivity contribution in [2.24, 2.45) is 5.92 Å². The molecule has 2 heterocycles. The molecule has 2 N–H and O–H groups in total. The number of nitrogens with zero attached hydrogens (tertiary/aromatic N) is 1. The summed E-state index contributed by atoms with van der Waals surface area (Å²) in [4.78, 5) is 28.1. The number of nitrogens with one attached hydrogen (secondary N) is 1. The lowest BCUT2D eigenvalue weighted by Gasteiger charge is -2.28. The number of aromatic nitrogens is 1. The highest BCUT2D eigenvalue weighted by molar-refractivity contribution is 5.96. The summed E-state index contributed by atoms with van der Waals surface area (Å²) < 4.78 is 11.0. The lowest BCUT2D eigenvalue weighted by Crippen LogP contribution is -2.48. The van der Waals surface area contributed by atoms with E-state index in [1.807, 2.05) is 0 Å². The molecule has 0 unspecified atom stereocenters. The minimum atomic E-state index is -1.04. The predicted molar refractivity (Wildman–Crippen MR) is 84.9 cm³/mol. The normalized spacial score (nSPS) is 22.2. The van der Waals surface area contributed by atoms with Crippen molar-refractivity contribution in [3.8, 4) is 5.88 Å². The molecule has 0 bridgehead atoms. The van der Waals surface area contributed by atoms with Gasteiger partial charge in [0, 0.05) is 30.4 Å². The zero-order chi connectivity index (χ0) is 16.9. The van der Waals surface area contributed by atoms with Gasteiger partial charge in [-0.25, -0.2) is 9.78 Å². The minimum absolute atomic E-state index is 0.168. The first-order valence-corrected chi connectivity index (χ1v) is 8.37.